The average molecular weight is 383 g/mol. The van der Waals surface area contributed by atoms with Gasteiger partial charge in [-0.15, -0.1) is 0 Å². The Morgan fingerprint density at radius 2 is 1.96 bits per heavy atom. The highest BCUT2D eigenvalue weighted by molar-refractivity contribution is 5.95. The number of nitrogens with one attached hydrogen (secondary N) is 1. The zero-order chi connectivity index (χ0) is 20.1. The molecule has 1 N–H and O–H groups in total. The van der Waals surface area contributed by atoms with Gasteiger partial charge in [-0.1, -0.05) is 19.9 Å². The first-order valence-corrected chi connectivity index (χ1v) is 8.80. The topological polar surface area (TPSA) is 56.2 Å². The molecule has 0 saturated heterocycles. The van der Waals surface area contributed by atoms with Gasteiger partial charge in [0.2, 0.25) is 0 Å². The van der Waals surface area contributed by atoms with Crippen molar-refractivity contribution in [3.8, 4) is 5.75 Å². The molecule has 1 heterocycles. The number of hydrogen-bond acceptors (Lipinski definition) is 3. The van der Waals surface area contributed by atoms with E-state index in [1.54, 1.807) is 11.6 Å². The molecule has 2 aromatic rings. The molecule has 0 unspecified atom stereocenters. The van der Waals surface area contributed by atoms with E-state index in [1.807, 2.05) is 13.8 Å². The van der Waals surface area contributed by atoms with Crippen LogP contribution in [0.15, 0.2) is 24.4 Å². The van der Waals surface area contributed by atoms with E-state index in [1.165, 1.54) is 25.4 Å². The first-order valence-electron chi connectivity index (χ1n) is 8.80. The first-order chi connectivity index (χ1) is 12.8. The van der Waals surface area contributed by atoms with Crippen LogP contribution in [-0.2, 0) is 0 Å². The van der Waals surface area contributed by atoms with Crippen LogP contribution in [0.25, 0.3) is 0 Å². The lowest BCUT2D eigenvalue weighted by Gasteiger charge is -2.19. The van der Waals surface area contributed by atoms with Crippen LogP contribution in [0.3, 0.4) is 0 Å². The summed E-state index contributed by atoms with van der Waals surface area (Å²) in [7, 11) is 1.28. The van der Waals surface area contributed by atoms with Crippen LogP contribution in [0.2, 0.25) is 0 Å². The summed E-state index contributed by atoms with van der Waals surface area (Å²) in [6.45, 7) is 5.75. The minimum absolute atomic E-state index is 0.0401. The number of halogens is 3. The number of rotatable bonds is 8. The van der Waals surface area contributed by atoms with Crippen LogP contribution in [0.1, 0.15) is 60.4 Å². The molecule has 27 heavy (non-hydrogen) atoms. The van der Waals surface area contributed by atoms with Crippen LogP contribution in [-0.4, -0.2) is 29.2 Å². The molecule has 0 spiro atoms. The fourth-order valence-electron chi connectivity index (χ4n) is 3.04. The molecule has 1 atom stereocenters. The Hall–Kier alpha value is -2.51. The molecule has 0 radical (unpaired) electrons. The Bertz CT molecular complexity index is 789. The monoisotopic (exact) mass is 383 g/mol. The van der Waals surface area contributed by atoms with Gasteiger partial charge in [0.15, 0.2) is 11.6 Å². The summed E-state index contributed by atoms with van der Waals surface area (Å²) < 4.78 is 47.5. The molecule has 2 rings (SSSR count). The van der Waals surface area contributed by atoms with E-state index in [2.05, 4.69) is 10.4 Å². The average Bonchev–Trinajstić information content (AvgIpc) is 3.02. The fourth-order valence-corrected chi connectivity index (χ4v) is 3.04. The lowest BCUT2D eigenvalue weighted by molar-refractivity contribution is 0.0742. The number of ether oxygens (including phenoxy) is 1. The Balaban J connectivity index is 2.27. The second kappa shape index (κ2) is 8.92. The predicted molar refractivity (Wildman–Crippen MR) is 95.7 cm³/mol. The second-order valence-corrected chi connectivity index (χ2v) is 6.24. The first kappa shape index (κ1) is 20.8. The van der Waals surface area contributed by atoms with Crippen molar-refractivity contribution >= 4 is 5.91 Å². The smallest absolute Gasteiger partial charge is 0.262 e. The summed E-state index contributed by atoms with van der Waals surface area (Å²) in [5.74, 6) is -1.50. The summed E-state index contributed by atoms with van der Waals surface area (Å²) in [5, 5.41) is 6.53. The van der Waals surface area contributed by atoms with Crippen molar-refractivity contribution in [2.24, 2.45) is 0 Å². The molecule has 0 aliphatic rings. The number of hydrogen-bond donors (Lipinski definition) is 1. The highest BCUT2D eigenvalue weighted by atomic mass is 19.3. The van der Waals surface area contributed by atoms with Crippen LogP contribution in [0.5, 0.6) is 5.75 Å². The van der Waals surface area contributed by atoms with Crippen LogP contribution >= 0.6 is 0 Å². The number of amides is 1. The normalized spacial score (nSPS) is 12.5. The van der Waals surface area contributed by atoms with Crippen LogP contribution < -0.4 is 10.1 Å². The molecule has 0 bridgehead atoms. The molecule has 1 amide bonds. The molecular formula is C19H24F3N3O2. The molecule has 148 valence electrons. The number of benzene rings is 1. The molecular weight excluding hydrogens is 359 g/mol. The van der Waals surface area contributed by atoms with Gasteiger partial charge in [0.05, 0.1) is 24.9 Å². The highest BCUT2D eigenvalue weighted by Gasteiger charge is 2.27. The minimum atomic E-state index is -2.91. The van der Waals surface area contributed by atoms with Crippen molar-refractivity contribution in [3.63, 3.8) is 0 Å². The standard InChI is InChI=1S/C19H24F3N3O2/c1-5-13(6-2)25-11(3)14(10-23-25)19(26)24-17(18(21)22)12-7-8-16(27-4)15(20)9-12/h7-10,13,17-18H,5-6H2,1-4H3,(H,24,26)/t17-/m1/s1. The van der Waals surface area contributed by atoms with Gasteiger partial charge in [-0.3, -0.25) is 9.48 Å². The third-order valence-electron chi connectivity index (χ3n) is 4.65. The van der Waals surface area contributed by atoms with E-state index < -0.39 is 24.2 Å². The van der Waals surface area contributed by atoms with Crippen LogP contribution in [0, 0.1) is 12.7 Å². The maximum Gasteiger partial charge on any atom is 0.262 e. The van der Waals surface area contributed by atoms with E-state index in [0.717, 1.165) is 18.9 Å². The summed E-state index contributed by atoms with van der Waals surface area (Å²) in [6, 6.07) is 1.99. The lowest BCUT2D eigenvalue weighted by Crippen LogP contribution is -2.33. The third kappa shape index (κ3) is 4.43. The van der Waals surface area contributed by atoms with Crippen molar-refractivity contribution in [2.45, 2.75) is 52.1 Å². The van der Waals surface area contributed by atoms with Gasteiger partial charge >= 0.3 is 0 Å². The molecule has 8 heteroatoms. The van der Waals surface area contributed by atoms with Gasteiger partial charge in [-0.2, -0.15) is 5.10 Å². The van der Waals surface area contributed by atoms with Crippen molar-refractivity contribution in [1.82, 2.24) is 15.1 Å². The number of carbonyl (C=O) groups is 1. The summed E-state index contributed by atoms with van der Waals surface area (Å²) in [5.41, 5.74) is 0.790. The molecule has 1 aromatic heterocycles. The van der Waals surface area contributed by atoms with Crippen LogP contribution in [0.4, 0.5) is 13.2 Å². The van der Waals surface area contributed by atoms with Gasteiger partial charge in [0.25, 0.3) is 12.3 Å². The molecule has 5 nitrogen and oxygen atoms in total. The van der Waals surface area contributed by atoms with Crippen molar-refractivity contribution in [3.05, 3.63) is 47.0 Å². The largest absolute Gasteiger partial charge is 0.494 e. The summed E-state index contributed by atoms with van der Waals surface area (Å²) >= 11 is 0. The number of methoxy groups -OCH3 is 1. The van der Waals surface area contributed by atoms with E-state index in [9.17, 15) is 18.0 Å². The van der Waals surface area contributed by atoms with Gasteiger partial charge < -0.3 is 10.1 Å². The summed E-state index contributed by atoms with van der Waals surface area (Å²) in [4.78, 5) is 12.6. The number of nitrogens with zero attached hydrogens (tertiary/aromatic N) is 2. The zero-order valence-electron chi connectivity index (χ0n) is 15.8. The molecule has 0 aliphatic carbocycles. The van der Waals surface area contributed by atoms with E-state index >= 15 is 0 Å². The maximum atomic E-state index is 13.9. The van der Waals surface area contributed by atoms with Crippen molar-refractivity contribution in [2.75, 3.05) is 7.11 Å². The second-order valence-electron chi connectivity index (χ2n) is 6.24. The zero-order valence-corrected chi connectivity index (χ0v) is 15.8. The van der Waals surface area contributed by atoms with Gasteiger partial charge in [-0.05, 0) is 37.5 Å². The Labute approximate surface area is 156 Å². The molecule has 0 aliphatic heterocycles. The van der Waals surface area contributed by atoms with E-state index in [-0.39, 0.29) is 22.9 Å². The lowest BCUT2D eigenvalue weighted by atomic mass is 10.1. The predicted octanol–water partition coefficient (Wildman–Crippen LogP) is 4.44. The number of alkyl halides is 2. The minimum Gasteiger partial charge on any atom is -0.494 e. The molecule has 0 saturated carbocycles. The molecule has 1 aromatic carbocycles. The quantitative estimate of drug-likeness (QED) is 0.733. The summed E-state index contributed by atoms with van der Waals surface area (Å²) in [6.07, 6.45) is 0.145. The van der Waals surface area contributed by atoms with Crippen molar-refractivity contribution < 1.29 is 22.7 Å². The van der Waals surface area contributed by atoms with Gasteiger partial charge in [0.1, 0.15) is 6.04 Å². The highest BCUT2D eigenvalue weighted by Crippen LogP contribution is 2.27. The fraction of sp³-hybridized carbons (Fsp3) is 0.474. The number of aromatic nitrogens is 2. The van der Waals surface area contributed by atoms with E-state index in [0.29, 0.717) is 5.69 Å². The van der Waals surface area contributed by atoms with Gasteiger partial charge in [0, 0.05) is 5.69 Å². The number of carbonyl (C=O) groups excluding carboxylic acids is 1. The Morgan fingerprint density at radius 1 is 1.30 bits per heavy atom. The Kier molecular flexibility index (Phi) is 6.87. The van der Waals surface area contributed by atoms with Crippen molar-refractivity contribution in [1.29, 1.82) is 0 Å². The third-order valence-corrected chi connectivity index (χ3v) is 4.65. The van der Waals surface area contributed by atoms with E-state index in [4.69, 9.17) is 4.74 Å². The Morgan fingerprint density at radius 3 is 2.48 bits per heavy atom. The molecule has 0 fully saturated rings. The maximum absolute atomic E-state index is 13.9. The SMILES string of the molecule is CCC(CC)n1ncc(C(=O)N[C@H](c2ccc(OC)c(F)c2)C(F)F)c1C. The van der Waals surface area contributed by atoms with Gasteiger partial charge in [-0.25, -0.2) is 13.2 Å².